The second kappa shape index (κ2) is 6.83. The fourth-order valence-corrected chi connectivity index (χ4v) is 1.31. The smallest absolute Gasteiger partial charge is 0.332 e. The predicted molar refractivity (Wildman–Crippen MR) is 59.3 cm³/mol. The Kier molecular flexibility index (Phi) is 5.73. The minimum absolute atomic E-state index is 0.0198. The van der Waals surface area contributed by atoms with Crippen molar-refractivity contribution in [2.24, 2.45) is 0 Å². The molecule has 0 spiro atoms. The van der Waals surface area contributed by atoms with E-state index in [4.69, 9.17) is 14.2 Å². The highest BCUT2D eigenvalue weighted by atomic mass is 16.6. The summed E-state index contributed by atoms with van der Waals surface area (Å²) in [5.41, 5.74) is -0.197. The van der Waals surface area contributed by atoms with Gasteiger partial charge in [-0.15, -0.1) is 0 Å². The first-order valence-corrected chi connectivity index (χ1v) is 5.74. The minimum Gasteiger partial charge on any atom is -0.462 e. The Morgan fingerprint density at radius 1 is 1.31 bits per heavy atom. The van der Waals surface area contributed by atoms with Crippen LogP contribution in [0.4, 0.5) is 0 Å². The number of carbonyl (C=O) groups excluding carboxylic acids is 1. The molecule has 5 heteroatoms. The van der Waals surface area contributed by atoms with Gasteiger partial charge in [0, 0.05) is 19.7 Å². The number of esters is 1. The van der Waals surface area contributed by atoms with Crippen LogP contribution in [0.25, 0.3) is 0 Å². The van der Waals surface area contributed by atoms with E-state index >= 15 is 0 Å². The quantitative estimate of drug-likeness (QED) is 0.482. The first-order chi connectivity index (χ1) is 7.66. The first-order valence-electron chi connectivity index (χ1n) is 5.74. The van der Waals surface area contributed by atoms with Crippen LogP contribution in [0.3, 0.4) is 0 Å². The van der Waals surface area contributed by atoms with Crippen LogP contribution in [0.15, 0.2) is 0 Å². The van der Waals surface area contributed by atoms with E-state index in [0.717, 1.165) is 19.5 Å². The van der Waals surface area contributed by atoms with Crippen molar-refractivity contribution in [2.75, 3.05) is 39.5 Å². The maximum absolute atomic E-state index is 11.2. The fourth-order valence-electron chi connectivity index (χ4n) is 1.31. The van der Waals surface area contributed by atoms with E-state index in [1.54, 1.807) is 0 Å². The molecule has 16 heavy (non-hydrogen) atoms. The number of rotatable bonds is 8. The Bertz CT molecular complexity index is 216. The molecule has 0 amide bonds. The van der Waals surface area contributed by atoms with Crippen LogP contribution in [-0.4, -0.2) is 51.1 Å². The lowest BCUT2D eigenvalue weighted by Gasteiger charge is -2.38. The third-order valence-electron chi connectivity index (χ3n) is 2.38. The van der Waals surface area contributed by atoms with Crippen LogP contribution in [-0.2, 0) is 19.0 Å². The van der Waals surface area contributed by atoms with Gasteiger partial charge >= 0.3 is 5.97 Å². The Morgan fingerprint density at radius 3 is 2.62 bits per heavy atom. The molecular weight excluding hydrogens is 210 g/mol. The zero-order chi connectivity index (χ0) is 11.9. The summed E-state index contributed by atoms with van der Waals surface area (Å²) < 4.78 is 15.6. The highest BCUT2D eigenvalue weighted by molar-refractivity contribution is 5.70. The summed E-state index contributed by atoms with van der Waals surface area (Å²) in [4.78, 5) is 11.2. The van der Waals surface area contributed by atoms with Crippen molar-refractivity contribution in [3.63, 3.8) is 0 Å². The molecule has 0 aromatic carbocycles. The zero-order valence-corrected chi connectivity index (χ0v) is 10.1. The van der Waals surface area contributed by atoms with Crippen molar-refractivity contribution in [3.05, 3.63) is 0 Å². The maximum atomic E-state index is 11.2. The topological polar surface area (TPSA) is 56.8 Å². The molecule has 1 aliphatic heterocycles. The maximum Gasteiger partial charge on any atom is 0.332 e. The Hall–Kier alpha value is -0.650. The molecule has 0 aromatic rings. The molecular formula is C11H21NO4. The zero-order valence-electron chi connectivity index (χ0n) is 10.1. The van der Waals surface area contributed by atoms with E-state index in [0.29, 0.717) is 19.8 Å². The van der Waals surface area contributed by atoms with Gasteiger partial charge in [0.15, 0.2) is 0 Å². The molecule has 1 aliphatic rings. The average Bonchev–Trinajstić information content (AvgIpc) is 2.23. The number of nitrogens with one attached hydrogen (secondary N) is 1. The third-order valence-corrected chi connectivity index (χ3v) is 2.38. The Morgan fingerprint density at radius 2 is 2.06 bits per heavy atom. The highest BCUT2D eigenvalue weighted by Crippen LogP contribution is 2.14. The number of hydrogen-bond donors (Lipinski definition) is 1. The Balaban J connectivity index is 1.94. The molecule has 1 saturated heterocycles. The van der Waals surface area contributed by atoms with Gasteiger partial charge in [-0.2, -0.15) is 0 Å². The van der Waals surface area contributed by atoms with Crippen molar-refractivity contribution < 1.29 is 19.0 Å². The van der Waals surface area contributed by atoms with E-state index in [-0.39, 0.29) is 18.2 Å². The molecule has 1 fully saturated rings. The van der Waals surface area contributed by atoms with E-state index in [9.17, 15) is 4.79 Å². The number of ether oxygens (including phenoxy) is 3. The van der Waals surface area contributed by atoms with Crippen molar-refractivity contribution >= 4 is 5.97 Å². The SMILES string of the molecule is CCCOCCOC(=O)COC1(C)CNC1. The summed E-state index contributed by atoms with van der Waals surface area (Å²) in [5, 5.41) is 3.09. The summed E-state index contributed by atoms with van der Waals surface area (Å²) in [6, 6.07) is 0. The van der Waals surface area contributed by atoms with E-state index < -0.39 is 0 Å². The van der Waals surface area contributed by atoms with Gasteiger partial charge < -0.3 is 19.5 Å². The van der Waals surface area contributed by atoms with E-state index in [2.05, 4.69) is 5.32 Å². The summed E-state index contributed by atoms with van der Waals surface area (Å²) in [7, 11) is 0. The van der Waals surface area contributed by atoms with Gasteiger partial charge in [-0.05, 0) is 13.3 Å². The lowest BCUT2D eigenvalue weighted by Crippen LogP contribution is -2.59. The lowest BCUT2D eigenvalue weighted by atomic mass is 10.0. The van der Waals surface area contributed by atoms with Crippen LogP contribution in [0.2, 0.25) is 0 Å². The van der Waals surface area contributed by atoms with E-state index in [1.807, 2.05) is 13.8 Å². The van der Waals surface area contributed by atoms with Gasteiger partial charge in [0.2, 0.25) is 0 Å². The van der Waals surface area contributed by atoms with Gasteiger partial charge in [0.1, 0.15) is 13.2 Å². The molecule has 1 N–H and O–H groups in total. The van der Waals surface area contributed by atoms with Crippen molar-refractivity contribution in [1.82, 2.24) is 5.32 Å². The van der Waals surface area contributed by atoms with Crippen molar-refractivity contribution in [3.8, 4) is 0 Å². The monoisotopic (exact) mass is 231 g/mol. The van der Waals surface area contributed by atoms with Crippen molar-refractivity contribution in [2.45, 2.75) is 25.9 Å². The average molecular weight is 231 g/mol. The molecule has 0 aliphatic carbocycles. The third kappa shape index (κ3) is 4.92. The van der Waals surface area contributed by atoms with Gasteiger partial charge in [-0.3, -0.25) is 0 Å². The second-order valence-corrected chi connectivity index (χ2v) is 4.17. The number of carbonyl (C=O) groups is 1. The first kappa shape index (κ1) is 13.4. The summed E-state index contributed by atoms with van der Waals surface area (Å²) in [5.74, 6) is -0.326. The molecule has 94 valence electrons. The largest absolute Gasteiger partial charge is 0.462 e. The number of hydrogen-bond acceptors (Lipinski definition) is 5. The fraction of sp³-hybridized carbons (Fsp3) is 0.909. The molecule has 1 rings (SSSR count). The van der Waals surface area contributed by atoms with Crippen LogP contribution < -0.4 is 5.32 Å². The van der Waals surface area contributed by atoms with Gasteiger partial charge in [0.05, 0.1) is 12.2 Å². The second-order valence-electron chi connectivity index (χ2n) is 4.17. The van der Waals surface area contributed by atoms with Gasteiger partial charge in [0.25, 0.3) is 0 Å². The van der Waals surface area contributed by atoms with Crippen molar-refractivity contribution in [1.29, 1.82) is 0 Å². The molecule has 0 aromatic heterocycles. The molecule has 0 unspecified atom stereocenters. The van der Waals surface area contributed by atoms with Crippen LogP contribution >= 0.6 is 0 Å². The molecule has 1 heterocycles. The predicted octanol–water partition coefficient (Wildman–Crippen LogP) is 0.335. The standard InChI is InChI=1S/C11H21NO4/c1-3-4-14-5-6-15-10(13)7-16-11(2)8-12-9-11/h12H,3-9H2,1-2H3. The minimum atomic E-state index is -0.326. The normalized spacial score (nSPS) is 17.9. The van der Waals surface area contributed by atoms with Crippen LogP contribution in [0, 0.1) is 0 Å². The van der Waals surface area contributed by atoms with Gasteiger partial charge in [-0.1, -0.05) is 6.92 Å². The molecule has 0 saturated carbocycles. The molecule has 5 nitrogen and oxygen atoms in total. The molecule has 0 bridgehead atoms. The highest BCUT2D eigenvalue weighted by Gasteiger charge is 2.33. The van der Waals surface area contributed by atoms with E-state index in [1.165, 1.54) is 0 Å². The van der Waals surface area contributed by atoms with Crippen LogP contribution in [0.5, 0.6) is 0 Å². The van der Waals surface area contributed by atoms with Crippen LogP contribution in [0.1, 0.15) is 20.3 Å². The lowest BCUT2D eigenvalue weighted by molar-refractivity contribution is -0.159. The summed E-state index contributed by atoms with van der Waals surface area (Å²) in [6.07, 6.45) is 0.975. The van der Waals surface area contributed by atoms with Gasteiger partial charge in [-0.25, -0.2) is 4.79 Å². The molecule has 0 radical (unpaired) electrons. The Labute approximate surface area is 96.4 Å². The summed E-state index contributed by atoms with van der Waals surface area (Å²) in [6.45, 7) is 7.08. The molecule has 0 atom stereocenters. The summed E-state index contributed by atoms with van der Waals surface area (Å²) >= 11 is 0.